The van der Waals surface area contributed by atoms with Crippen LogP contribution in [0.4, 0.5) is 5.82 Å². The first-order valence-corrected chi connectivity index (χ1v) is 13.7. The highest BCUT2D eigenvalue weighted by Crippen LogP contribution is 2.36. The molecule has 0 aliphatic carbocycles. The highest BCUT2D eigenvalue weighted by molar-refractivity contribution is 8.26. The maximum atomic E-state index is 13.3. The van der Waals surface area contributed by atoms with Crippen LogP contribution in [-0.4, -0.2) is 39.3 Å². The van der Waals surface area contributed by atoms with Crippen molar-refractivity contribution >= 4 is 46.1 Å². The zero-order valence-electron chi connectivity index (χ0n) is 20.9. The van der Waals surface area contributed by atoms with Crippen molar-refractivity contribution in [2.45, 2.75) is 79.2 Å². The van der Waals surface area contributed by atoms with Gasteiger partial charge in [0.15, 0.2) is 0 Å². The molecule has 1 aromatic heterocycles. The van der Waals surface area contributed by atoms with Crippen LogP contribution in [0.1, 0.15) is 82.4 Å². The number of nitrogens with zero attached hydrogens (tertiary/aromatic N) is 4. The van der Waals surface area contributed by atoms with Gasteiger partial charge in [0.1, 0.15) is 21.8 Å². The highest BCUT2D eigenvalue weighted by atomic mass is 32.2. The molecule has 0 radical (unpaired) electrons. The lowest BCUT2D eigenvalue weighted by molar-refractivity contribution is -0.122. The molecule has 8 heteroatoms. The summed E-state index contributed by atoms with van der Waals surface area (Å²) in [6, 6.07) is 2.11. The Kier molecular flexibility index (Phi) is 9.38. The molecular weight excluding hydrogens is 464 g/mol. The van der Waals surface area contributed by atoms with Crippen molar-refractivity contribution in [3.63, 3.8) is 0 Å². The van der Waals surface area contributed by atoms with Gasteiger partial charge in [0, 0.05) is 31.7 Å². The quantitative estimate of drug-likeness (QED) is 0.255. The largest absolute Gasteiger partial charge is 0.357 e. The minimum Gasteiger partial charge on any atom is -0.357 e. The van der Waals surface area contributed by atoms with Gasteiger partial charge in [0.05, 0.1) is 4.91 Å². The van der Waals surface area contributed by atoms with Gasteiger partial charge in [-0.15, -0.1) is 0 Å². The number of anilines is 1. The van der Waals surface area contributed by atoms with Crippen LogP contribution in [0, 0.1) is 24.2 Å². The first-order valence-electron chi connectivity index (χ1n) is 12.5. The molecule has 3 rings (SSSR count). The topological polar surface area (TPSA) is 69.3 Å². The Labute approximate surface area is 213 Å². The molecule has 34 heavy (non-hydrogen) atoms. The number of carbonyl (C=O) groups excluding carboxylic acids is 1. The molecule has 2 fully saturated rings. The van der Waals surface area contributed by atoms with Crippen molar-refractivity contribution < 1.29 is 4.79 Å². The lowest BCUT2D eigenvalue weighted by Gasteiger charge is -2.35. The number of unbranched alkanes of at least 4 members (excludes halogenated alkanes) is 4. The van der Waals surface area contributed by atoms with E-state index in [1.54, 1.807) is 9.47 Å². The van der Waals surface area contributed by atoms with E-state index in [1.807, 2.05) is 19.9 Å². The number of thiocarbonyl (C=S) groups is 1. The van der Waals surface area contributed by atoms with Gasteiger partial charge in [0.2, 0.25) is 0 Å². The van der Waals surface area contributed by atoms with E-state index in [2.05, 4.69) is 24.8 Å². The molecule has 0 aromatic carbocycles. The maximum Gasteiger partial charge on any atom is 0.270 e. The number of hydrogen-bond acceptors (Lipinski definition) is 6. The van der Waals surface area contributed by atoms with Crippen molar-refractivity contribution in [1.29, 1.82) is 5.26 Å². The molecule has 2 saturated heterocycles. The van der Waals surface area contributed by atoms with Crippen LogP contribution in [0.2, 0.25) is 0 Å². The van der Waals surface area contributed by atoms with E-state index >= 15 is 0 Å². The third kappa shape index (κ3) is 5.58. The monoisotopic (exact) mass is 500 g/mol. The van der Waals surface area contributed by atoms with Gasteiger partial charge in [-0.3, -0.25) is 19.1 Å². The third-order valence-corrected chi connectivity index (χ3v) is 8.26. The Morgan fingerprint density at radius 1 is 1.15 bits per heavy atom. The molecule has 0 bridgehead atoms. The molecule has 3 heterocycles. The molecule has 184 valence electrons. The van der Waals surface area contributed by atoms with Gasteiger partial charge >= 0.3 is 0 Å². The number of hydrogen-bond donors (Lipinski definition) is 0. The first-order chi connectivity index (χ1) is 16.3. The molecule has 1 amide bonds. The Bertz CT molecular complexity index is 1060. The van der Waals surface area contributed by atoms with E-state index < -0.39 is 0 Å². The summed E-state index contributed by atoms with van der Waals surface area (Å²) in [4.78, 5) is 30.9. The summed E-state index contributed by atoms with van der Waals surface area (Å²) >= 11 is 6.86. The molecule has 0 unspecified atom stereocenters. The van der Waals surface area contributed by atoms with E-state index in [0.717, 1.165) is 50.2 Å². The Morgan fingerprint density at radius 2 is 1.82 bits per heavy atom. The number of pyridine rings is 1. The Balaban J connectivity index is 2.00. The summed E-state index contributed by atoms with van der Waals surface area (Å²) in [5.41, 5.74) is 1.31. The van der Waals surface area contributed by atoms with Crippen molar-refractivity contribution in [2.24, 2.45) is 5.92 Å². The van der Waals surface area contributed by atoms with Gasteiger partial charge in [-0.1, -0.05) is 63.5 Å². The van der Waals surface area contributed by atoms with Crippen LogP contribution in [0.5, 0.6) is 0 Å². The molecule has 0 N–H and O–H groups in total. The van der Waals surface area contributed by atoms with Crippen LogP contribution in [-0.2, 0) is 11.3 Å². The average Bonchev–Trinajstić information content (AvgIpc) is 3.08. The SMILES string of the molecule is CCCCCCCN1C(=O)/C(=C/c2c(C)c(C#N)c(=O)n(CC)c2N2CCC(C)CC2)SC1=S. The molecule has 0 spiro atoms. The van der Waals surface area contributed by atoms with E-state index in [9.17, 15) is 14.9 Å². The predicted octanol–water partition coefficient (Wildman–Crippen LogP) is 5.46. The summed E-state index contributed by atoms with van der Waals surface area (Å²) in [6.45, 7) is 11.0. The molecule has 0 atom stereocenters. The number of aromatic nitrogens is 1. The van der Waals surface area contributed by atoms with Gasteiger partial charge in [-0.05, 0) is 50.7 Å². The average molecular weight is 501 g/mol. The number of thioether (sulfide) groups is 1. The van der Waals surface area contributed by atoms with Gasteiger partial charge in [-0.25, -0.2) is 0 Å². The van der Waals surface area contributed by atoms with Crippen molar-refractivity contribution in [3.05, 3.63) is 31.9 Å². The molecule has 6 nitrogen and oxygen atoms in total. The Morgan fingerprint density at radius 3 is 2.44 bits per heavy atom. The van der Waals surface area contributed by atoms with Crippen LogP contribution in [0.3, 0.4) is 0 Å². The molecular formula is C26H36N4O2S2. The van der Waals surface area contributed by atoms with Gasteiger partial charge < -0.3 is 4.90 Å². The number of carbonyl (C=O) groups is 1. The first kappa shape index (κ1) is 26.5. The lowest BCUT2D eigenvalue weighted by Crippen LogP contribution is -2.39. The summed E-state index contributed by atoms with van der Waals surface area (Å²) in [5, 5.41) is 9.74. The van der Waals surface area contributed by atoms with E-state index in [0.29, 0.717) is 33.8 Å². The Hall–Kier alpha value is -2.11. The standard InChI is InChI=1S/C26H36N4O2S2/c1-5-7-8-9-10-13-30-25(32)22(34-26(30)33)16-20-19(4)21(17-27)24(31)29(6-2)23(20)28-14-11-18(3)12-15-28/h16,18H,5-15H2,1-4H3/b22-16-. The molecule has 2 aliphatic rings. The second-order valence-corrected chi connectivity index (χ2v) is 11.0. The fourth-order valence-electron chi connectivity index (χ4n) is 4.70. The van der Waals surface area contributed by atoms with Crippen LogP contribution in [0.25, 0.3) is 6.08 Å². The highest BCUT2D eigenvalue weighted by Gasteiger charge is 2.33. The normalized spacial score (nSPS) is 18.3. The van der Waals surface area contributed by atoms with Crippen molar-refractivity contribution in [2.75, 3.05) is 24.5 Å². The molecule has 0 saturated carbocycles. The molecule has 1 aromatic rings. The minimum atomic E-state index is -0.257. The zero-order chi connectivity index (χ0) is 24.8. The second-order valence-electron chi connectivity index (χ2n) is 9.32. The van der Waals surface area contributed by atoms with Gasteiger partial charge in [0.25, 0.3) is 11.5 Å². The second kappa shape index (κ2) is 12.0. The summed E-state index contributed by atoms with van der Waals surface area (Å²) in [6.07, 6.45) is 9.57. The fraction of sp³-hybridized carbons (Fsp3) is 0.615. The smallest absolute Gasteiger partial charge is 0.270 e. The molecule has 2 aliphatic heterocycles. The summed E-state index contributed by atoms with van der Waals surface area (Å²) < 4.78 is 2.28. The van der Waals surface area contributed by atoms with E-state index in [4.69, 9.17) is 12.2 Å². The third-order valence-electron chi connectivity index (χ3n) is 6.88. The van der Waals surface area contributed by atoms with E-state index in [1.165, 1.54) is 31.0 Å². The van der Waals surface area contributed by atoms with Crippen LogP contribution < -0.4 is 10.5 Å². The van der Waals surface area contributed by atoms with Crippen molar-refractivity contribution in [3.8, 4) is 6.07 Å². The number of amides is 1. The summed E-state index contributed by atoms with van der Waals surface area (Å²) in [5.74, 6) is 1.39. The lowest BCUT2D eigenvalue weighted by atomic mass is 9.97. The van der Waals surface area contributed by atoms with Crippen LogP contribution in [0.15, 0.2) is 9.70 Å². The van der Waals surface area contributed by atoms with E-state index in [-0.39, 0.29) is 17.0 Å². The maximum absolute atomic E-state index is 13.3. The number of rotatable bonds is 9. The van der Waals surface area contributed by atoms with Crippen LogP contribution >= 0.6 is 24.0 Å². The predicted molar refractivity (Wildman–Crippen MR) is 145 cm³/mol. The minimum absolute atomic E-state index is 0.0733. The van der Waals surface area contributed by atoms with Crippen molar-refractivity contribution in [1.82, 2.24) is 9.47 Å². The number of nitriles is 1. The fourth-order valence-corrected chi connectivity index (χ4v) is 5.99. The number of piperidine rings is 1. The van der Waals surface area contributed by atoms with Gasteiger partial charge in [-0.2, -0.15) is 5.26 Å². The summed E-state index contributed by atoms with van der Waals surface area (Å²) in [7, 11) is 0. The zero-order valence-corrected chi connectivity index (χ0v) is 22.5.